The number of esters is 1. The molecule has 0 atom stereocenters. The van der Waals surface area contributed by atoms with Crippen LogP contribution in [0.1, 0.15) is 15.9 Å². The second-order valence-corrected chi connectivity index (χ2v) is 7.82. The van der Waals surface area contributed by atoms with E-state index < -0.39 is 24.3 Å². The van der Waals surface area contributed by atoms with Crippen LogP contribution in [0.5, 0.6) is 0 Å². The van der Waals surface area contributed by atoms with Crippen molar-refractivity contribution in [2.24, 2.45) is 0 Å². The molecular formula is C24H21FN2O4S. The van der Waals surface area contributed by atoms with E-state index in [2.05, 4.69) is 10.6 Å². The van der Waals surface area contributed by atoms with Gasteiger partial charge in [-0.05, 0) is 43.3 Å². The van der Waals surface area contributed by atoms with Crippen LogP contribution in [-0.2, 0) is 14.3 Å². The number of hydrogen-bond acceptors (Lipinski definition) is 5. The first kappa shape index (κ1) is 23.0. The topological polar surface area (TPSA) is 84.5 Å². The lowest BCUT2D eigenvalue weighted by atomic mass is 10.2. The summed E-state index contributed by atoms with van der Waals surface area (Å²) in [4.78, 5) is 37.2. The Morgan fingerprint density at radius 2 is 1.56 bits per heavy atom. The summed E-state index contributed by atoms with van der Waals surface area (Å²) < 4.78 is 18.7. The van der Waals surface area contributed by atoms with E-state index in [0.717, 1.165) is 5.56 Å². The Kier molecular flexibility index (Phi) is 7.99. The largest absolute Gasteiger partial charge is 0.452 e. The van der Waals surface area contributed by atoms with Gasteiger partial charge in [-0.15, -0.1) is 11.8 Å². The zero-order valence-electron chi connectivity index (χ0n) is 17.3. The predicted molar refractivity (Wildman–Crippen MR) is 122 cm³/mol. The number of carbonyl (C=O) groups excluding carboxylic acids is 3. The maximum atomic E-state index is 13.6. The van der Waals surface area contributed by atoms with Crippen LogP contribution in [0.25, 0.3) is 0 Å². The average molecular weight is 453 g/mol. The van der Waals surface area contributed by atoms with E-state index >= 15 is 0 Å². The minimum Gasteiger partial charge on any atom is -0.452 e. The number of benzene rings is 3. The van der Waals surface area contributed by atoms with Gasteiger partial charge >= 0.3 is 5.97 Å². The molecule has 0 saturated heterocycles. The van der Waals surface area contributed by atoms with Crippen LogP contribution >= 0.6 is 11.8 Å². The zero-order chi connectivity index (χ0) is 22.9. The highest BCUT2D eigenvalue weighted by molar-refractivity contribution is 8.00. The highest BCUT2D eigenvalue weighted by Gasteiger charge is 2.16. The zero-order valence-corrected chi connectivity index (χ0v) is 18.1. The van der Waals surface area contributed by atoms with Crippen molar-refractivity contribution in [2.75, 3.05) is 23.0 Å². The number of thioether (sulfide) groups is 1. The minimum absolute atomic E-state index is 0.00379. The summed E-state index contributed by atoms with van der Waals surface area (Å²) in [6.45, 7) is 1.39. The number of hydrogen-bond donors (Lipinski definition) is 2. The molecule has 32 heavy (non-hydrogen) atoms. The van der Waals surface area contributed by atoms with E-state index in [1.165, 1.54) is 30.0 Å². The van der Waals surface area contributed by atoms with Crippen molar-refractivity contribution in [1.29, 1.82) is 0 Å². The summed E-state index contributed by atoms with van der Waals surface area (Å²) >= 11 is 1.18. The van der Waals surface area contributed by atoms with Crippen LogP contribution in [0, 0.1) is 12.7 Å². The first-order chi connectivity index (χ1) is 15.4. The molecule has 0 aliphatic carbocycles. The summed E-state index contributed by atoms with van der Waals surface area (Å²) in [6.07, 6.45) is 0. The second-order valence-electron chi connectivity index (χ2n) is 6.80. The Morgan fingerprint density at radius 1 is 0.875 bits per heavy atom. The Morgan fingerprint density at radius 3 is 2.31 bits per heavy atom. The third kappa shape index (κ3) is 6.68. The summed E-state index contributed by atoms with van der Waals surface area (Å²) in [7, 11) is 0. The lowest BCUT2D eigenvalue weighted by Crippen LogP contribution is -2.21. The number of carbonyl (C=O) groups is 3. The minimum atomic E-state index is -0.712. The first-order valence-electron chi connectivity index (χ1n) is 9.72. The molecule has 0 radical (unpaired) electrons. The van der Waals surface area contributed by atoms with Gasteiger partial charge in [-0.3, -0.25) is 9.59 Å². The van der Waals surface area contributed by atoms with E-state index in [-0.39, 0.29) is 22.9 Å². The van der Waals surface area contributed by atoms with Gasteiger partial charge in [0, 0.05) is 10.6 Å². The molecule has 0 heterocycles. The monoisotopic (exact) mass is 452 g/mol. The molecule has 0 bridgehead atoms. The molecule has 2 N–H and O–H groups in total. The van der Waals surface area contributed by atoms with E-state index in [9.17, 15) is 18.8 Å². The molecule has 0 spiro atoms. The Bertz CT molecular complexity index is 1120. The molecule has 6 nitrogen and oxygen atoms in total. The van der Waals surface area contributed by atoms with E-state index in [4.69, 9.17) is 4.74 Å². The van der Waals surface area contributed by atoms with Gasteiger partial charge in [0.05, 0.1) is 17.0 Å². The highest BCUT2D eigenvalue weighted by atomic mass is 32.2. The quantitative estimate of drug-likeness (QED) is 0.384. The second kappa shape index (κ2) is 11.1. The van der Waals surface area contributed by atoms with Gasteiger partial charge in [0.1, 0.15) is 5.82 Å². The molecule has 164 valence electrons. The van der Waals surface area contributed by atoms with Crippen LogP contribution in [0.2, 0.25) is 0 Å². The molecule has 2 amide bonds. The molecule has 0 aliphatic rings. The Balaban J connectivity index is 1.53. The number of ether oxygens (including phenoxy) is 1. The fourth-order valence-corrected chi connectivity index (χ4v) is 3.54. The standard InChI is InChI=1S/C24H21FN2O4S/c1-16-10-12-17(13-11-16)26-23(29)15-32-21-9-5-2-6-18(21)24(30)31-14-22(28)27-20-8-4-3-7-19(20)25/h2-13H,14-15H2,1H3,(H,26,29)(H,27,28). The fraction of sp³-hybridized carbons (Fsp3) is 0.125. The third-order valence-corrected chi connectivity index (χ3v) is 5.36. The SMILES string of the molecule is Cc1ccc(NC(=O)CSc2ccccc2C(=O)OCC(=O)Nc2ccccc2F)cc1. The van der Waals surface area contributed by atoms with Crippen molar-refractivity contribution in [2.45, 2.75) is 11.8 Å². The van der Waals surface area contributed by atoms with E-state index in [1.807, 2.05) is 31.2 Å². The summed E-state index contributed by atoms with van der Waals surface area (Å²) in [5.74, 6) is -2.09. The number of aryl methyl sites for hydroxylation is 1. The molecule has 3 aromatic carbocycles. The van der Waals surface area contributed by atoms with E-state index in [1.54, 1.807) is 30.3 Å². The van der Waals surface area contributed by atoms with Crippen molar-refractivity contribution < 1.29 is 23.5 Å². The molecule has 0 aromatic heterocycles. The molecule has 8 heteroatoms. The van der Waals surface area contributed by atoms with Crippen molar-refractivity contribution >= 4 is 40.9 Å². The summed E-state index contributed by atoms with van der Waals surface area (Å²) in [5.41, 5.74) is 2.02. The molecule has 0 fully saturated rings. The number of nitrogens with one attached hydrogen (secondary N) is 2. The van der Waals surface area contributed by atoms with Gasteiger partial charge in [-0.2, -0.15) is 0 Å². The maximum Gasteiger partial charge on any atom is 0.339 e. The van der Waals surface area contributed by atoms with Crippen molar-refractivity contribution in [3.8, 4) is 0 Å². The van der Waals surface area contributed by atoms with Gasteiger partial charge in [-0.1, -0.05) is 42.0 Å². The normalized spacial score (nSPS) is 10.3. The molecule has 3 rings (SSSR count). The molecule has 3 aromatic rings. The lowest BCUT2D eigenvalue weighted by Gasteiger charge is -2.10. The number of halogens is 1. The van der Waals surface area contributed by atoms with E-state index in [0.29, 0.717) is 10.6 Å². The third-order valence-electron chi connectivity index (χ3n) is 4.28. The van der Waals surface area contributed by atoms with Gasteiger partial charge in [0.25, 0.3) is 5.91 Å². The van der Waals surface area contributed by atoms with Gasteiger partial charge in [-0.25, -0.2) is 9.18 Å². The van der Waals surface area contributed by atoms with Gasteiger partial charge < -0.3 is 15.4 Å². The van der Waals surface area contributed by atoms with Crippen LogP contribution < -0.4 is 10.6 Å². The average Bonchev–Trinajstić information content (AvgIpc) is 2.79. The fourth-order valence-electron chi connectivity index (χ4n) is 2.70. The molecular weight excluding hydrogens is 431 g/mol. The van der Waals surface area contributed by atoms with Crippen LogP contribution in [0.4, 0.5) is 15.8 Å². The summed E-state index contributed by atoms with van der Waals surface area (Å²) in [5, 5.41) is 5.15. The number of amides is 2. The number of anilines is 2. The maximum absolute atomic E-state index is 13.6. The molecule has 0 saturated carbocycles. The van der Waals surface area contributed by atoms with Crippen LogP contribution in [0.15, 0.2) is 77.7 Å². The summed E-state index contributed by atoms with van der Waals surface area (Å²) in [6, 6.07) is 19.8. The first-order valence-corrected chi connectivity index (χ1v) is 10.7. The Labute approximate surface area is 189 Å². The molecule has 0 unspecified atom stereocenters. The Hall–Kier alpha value is -3.65. The van der Waals surface area contributed by atoms with Gasteiger partial charge in [0.2, 0.25) is 5.91 Å². The number of rotatable bonds is 8. The number of para-hydroxylation sites is 1. The molecule has 0 aliphatic heterocycles. The predicted octanol–water partition coefficient (Wildman–Crippen LogP) is 4.66. The smallest absolute Gasteiger partial charge is 0.339 e. The van der Waals surface area contributed by atoms with Crippen molar-refractivity contribution in [3.63, 3.8) is 0 Å². The van der Waals surface area contributed by atoms with Crippen molar-refractivity contribution in [3.05, 3.63) is 89.7 Å². The van der Waals surface area contributed by atoms with Crippen molar-refractivity contribution in [1.82, 2.24) is 0 Å². The lowest BCUT2D eigenvalue weighted by molar-refractivity contribution is -0.119. The van der Waals surface area contributed by atoms with Gasteiger partial charge in [0.15, 0.2) is 6.61 Å². The highest BCUT2D eigenvalue weighted by Crippen LogP contribution is 2.24. The van der Waals surface area contributed by atoms with Crippen LogP contribution in [0.3, 0.4) is 0 Å². The van der Waals surface area contributed by atoms with Crippen LogP contribution in [-0.4, -0.2) is 30.1 Å².